The van der Waals surface area contributed by atoms with Crippen LogP contribution < -0.4 is 10.0 Å². The summed E-state index contributed by atoms with van der Waals surface area (Å²) >= 11 is 0. The average Bonchev–Trinajstić information content (AvgIpc) is 2.78. The number of sulfonamides is 1. The summed E-state index contributed by atoms with van der Waals surface area (Å²) < 4.78 is 38.0. The second kappa shape index (κ2) is 10.8. The molecule has 0 aliphatic heterocycles. The summed E-state index contributed by atoms with van der Waals surface area (Å²) in [5, 5.41) is 21.4. The molecule has 3 aromatic rings. The molecule has 0 radical (unpaired) electrons. The molecule has 0 aromatic heterocycles. The van der Waals surface area contributed by atoms with Crippen molar-refractivity contribution in [3.05, 3.63) is 94.5 Å². The van der Waals surface area contributed by atoms with Gasteiger partial charge in [0.15, 0.2) is 0 Å². The van der Waals surface area contributed by atoms with Crippen molar-refractivity contribution in [2.45, 2.75) is 31.9 Å². The minimum atomic E-state index is -3.94. The van der Waals surface area contributed by atoms with Gasteiger partial charge in [-0.15, -0.1) is 0 Å². The van der Waals surface area contributed by atoms with E-state index in [0.717, 1.165) is 21.7 Å². The zero-order valence-corrected chi connectivity index (χ0v) is 21.1. The van der Waals surface area contributed by atoms with Crippen molar-refractivity contribution in [2.24, 2.45) is 5.73 Å². The summed E-state index contributed by atoms with van der Waals surface area (Å²) in [5.41, 5.74) is 7.19. The van der Waals surface area contributed by atoms with Crippen molar-refractivity contribution in [3.8, 4) is 5.75 Å². The van der Waals surface area contributed by atoms with Crippen LogP contribution in [0.4, 0.5) is 5.69 Å². The topological polar surface area (TPSA) is 122 Å². The first-order valence-corrected chi connectivity index (χ1v) is 12.8. The maximum atomic E-state index is 13.3. The fraction of sp³-hybridized carbons (Fsp3) is 0.308. The molecular weight excluding hydrogens is 468 g/mol. The SMILES string of the molecule is COCc1ccc(C(c2ccc(COC)cc2)N(c2cccc(C(C)(N)O)c2O)S(C)(=O)=O)cc1. The molecule has 35 heavy (non-hydrogen) atoms. The van der Waals surface area contributed by atoms with E-state index in [9.17, 15) is 18.6 Å². The highest BCUT2D eigenvalue weighted by Crippen LogP contribution is 2.42. The number of methoxy groups -OCH3 is 2. The molecule has 0 heterocycles. The first-order valence-electron chi connectivity index (χ1n) is 11.0. The van der Waals surface area contributed by atoms with Gasteiger partial charge in [-0.25, -0.2) is 8.42 Å². The van der Waals surface area contributed by atoms with Crippen molar-refractivity contribution in [1.29, 1.82) is 0 Å². The van der Waals surface area contributed by atoms with E-state index >= 15 is 0 Å². The van der Waals surface area contributed by atoms with E-state index in [2.05, 4.69) is 0 Å². The molecule has 0 bridgehead atoms. The molecule has 3 rings (SSSR count). The van der Waals surface area contributed by atoms with E-state index in [-0.39, 0.29) is 11.3 Å². The first-order chi connectivity index (χ1) is 16.5. The smallest absolute Gasteiger partial charge is 0.233 e. The maximum absolute atomic E-state index is 13.3. The van der Waals surface area contributed by atoms with Crippen molar-refractivity contribution >= 4 is 15.7 Å². The highest BCUT2D eigenvalue weighted by Gasteiger charge is 2.34. The van der Waals surface area contributed by atoms with Crippen LogP contribution in [0.15, 0.2) is 66.7 Å². The Kier molecular flexibility index (Phi) is 8.19. The maximum Gasteiger partial charge on any atom is 0.233 e. The third-order valence-electron chi connectivity index (χ3n) is 5.60. The van der Waals surface area contributed by atoms with Gasteiger partial charge in [0, 0.05) is 19.8 Å². The Morgan fingerprint density at radius 3 is 1.74 bits per heavy atom. The Balaban J connectivity index is 2.26. The summed E-state index contributed by atoms with van der Waals surface area (Å²) in [6.45, 7) is 2.15. The Morgan fingerprint density at radius 2 is 1.37 bits per heavy atom. The highest BCUT2D eigenvalue weighted by atomic mass is 32.2. The lowest BCUT2D eigenvalue weighted by Gasteiger charge is -2.34. The van der Waals surface area contributed by atoms with E-state index in [1.807, 2.05) is 48.5 Å². The average molecular weight is 501 g/mol. The normalized spacial score (nSPS) is 13.6. The number of phenols is 1. The number of phenolic OH excluding ortho intramolecular Hbond substituents is 1. The number of aliphatic hydroxyl groups is 1. The zero-order chi connectivity index (χ0) is 25.8. The molecule has 9 heteroatoms. The number of aromatic hydroxyl groups is 1. The Hall–Kier alpha value is -2.95. The van der Waals surface area contributed by atoms with Gasteiger partial charge in [-0.1, -0.05) is 60.7 Å². The lowest BCUT2D eigenvalue weighted by atomic mass is 9.95. The van der Waals surface area contributed by atoms with Crippen LogP contribution in [0.25, 0.3) is 0 Å². The molecule has 0 spiro atoms. The summed E-state index contributed by atoms with van der Waals surface area (Å²) in [4.78, 5) is 0. The van der Waals surface area contributed by atoms with Gasteiger partial charge < -0.3 is 19.7 Å². The summed E-state index contributed by atoms with van der Waals surface area (Å²) in [7, 11) is -0.731. The van der Waals surface area contributed by atoms with Crippen LogP contribution in [0.1, 0.15) is 40.8 Å². The van der Waals surface area contributed by atoms with Gasteiger partial charge in [-0.05, 0) is 35.2 Å². The fourth-order valence-electron chi connectivity index (χ4n) is 4.02. The van der Waals surface area contributed by atoms with Gasteiger partial charge in [-0.3, -0.25) is 10.0 Å². The Bertz CT molecular complexity index is 1190. The molecule has 188 valence electrons. The third kappa shape index (κ3) is 6.19. The number of benzene rings is 3. The fourth-order valence-corrected chi connectivity index (χ4v) is 5.15. The highest BCUT2D eigenvalue weighted by molar-refractivity contribution is 7.92. The molecule has 3 aromatic carbocycles. The predicted molar refractivity (Wildman–Crippen MR) is 135 cm³/mol. The van der Waals surface area contributed by atoms with Crippen molar-refractivity contribution in [3.63, 3.8) is 0 Å². The lowest BCUT2D eigenvalue weighted by Crippen LogP contribution is -2.36. The molecule has 0 amide bonds. The minimum Gasteiger partial charge on any atom is -0.505 e. The van der Waals surface area contributed by atoms with Crippen LogP contribution in [-0.2, 0) is 38.4 Å². The predicted octanol–water partition coefficient (Wildman–Crippen LogP) is 3.36. The molecule has 0 saturated carbocycles. The molecule has 0 saturated heterocycles. The largest absolute Gasteiger partial charge is 0.505 e. The molecule has 0 fully saturated rings. The quantitative estimate of drug-likeness (QED) is 0.365. The number of anilines is 1. The Labute approximate surface area is 206 Å². The van der Waals surface area contributed by atoms with Crippen LogP contribution in [0.2, 0.25) is 0 Å². The van der Waals surface area contributed by atoms with E-state index in [4.69, 9.17) is 15.2 Å². The first kappa shape index (κ1) is 26.7. The molecule has 4 N–H and O–H groups in total. The standard InChI is InChI=1S/C26H32N2O6S/c1-26(27,30)22-6-5-7-23(25(22)29)28(35(4,31)32)24(20-12-8-18(9-13-20)16-33-2)21-14-10-19(11-15-21)17-34-3/h5-15,24,29-30H,16-17,27H2,1-4H3. The molecule has 1 atom stereocenters. The van der Waals surface area contributed by atoms with E-state index in [0.29, 0.717) is 24.3 Å². The van der Waals surface area contributed by atoms with Crippen LogP contribution in [0.3, 0.4) is 0 Å². The molecule has 8 nitrogen and oxygen atoms in total. The van der Waals surface area contributed by atoms with Gasteiger partial charge in [0.05, 0.1) is 31.2 Å². The zero-order valence-electron chi connectivity index (χ0n) is 20.3. The number of nitrogens with zero attached hydrogens (tertiary/aromatic N) is 1. The van der Waals surface area contributed by atoms with Gasteiger partial charge in [0.1, 0.15) is 11.5 Å². The summed E-state index contributed by atoms with van der Waals surface area (Å²) in [5.74, 6) is -0.414. The number of nitrogens with two attached hydrogens (primary N) is 1. The molecule has 0 aliphatic rings. The molecule has 0 aliphatic carbocycles. The van der Waals surface area contributed by atoms with Crippen molar-refractivity contribution in [2.75, 3.05) is 24.8 Å². The number of rotatable bonds is 10. The van der Waals surface area contributed by atoms with Crippen LogP contribution in [-0.4, -0.2) is 39.1 Å². The van der Waals surface area contributed by atoms with Crippen LogP contribution >= 0.6 is 0 Å². The number of hydrogen-bond acceptors (Lipinski definition) is 7. The van der Waals surface area contributed by atoms with E-state index in [1.165, 1.54) is 19.1 Å². The second-order valence-electron chi connectivity index (χ2n) is 8.63. The number of hydrogen-bond donors (Lipinski definition) is 3. The van der Waals surface area contributed by atoms with Crippen LogP contribution in [0, 0.1) is 0 Å². The lowest BCUT2D eigenvalue weighted by molar-refractivity contribution is 0.0622. The van der Waals surface area contributed by atoms with Crippen molar-refractivity contribution in [1.82, 2.24) is 0 Å². The van der Waals surface area contributed by atoms with Gasteiger partial charge in [0.2, 0.25) is 10.0 Å². The summed E-state index contributed by atoms with van der Waals surface area (Å²) in [6.07, 6.45) is 1.07. The third-order valence-corrected chi connectivity index (χ3v) is 6.72. The van der Waals surface area contributed by atoms with Crippen LogP contribution in [0.5, 0.6) is 5.75 Å². The van der Waals surface area contributed by atoms with E-state index in [1.54, 1.807) is 20.3 Å². The second-order valence-corrected chi connectivity index (χ2v) is 10.5. The van der Waals surface area contributed by atoms with Crippen molar-refractivity contribution < 1.29 is 28.1 Å². The molecular formula is C26H32N2O6S. The van der Waals surface area contributed by atoms with Gasteiger partial charge in [-0.2, -0.15) is 0 Å². The minimum absolute atomic E-state index is 0.00246. The molecule has 1 unspecified atom stereocenters. The monoisotopic (exact) mass is 500 g/mol. The number of para-hydroxylation sites is 1. The Morgan fingerprint density at radius 1 is 0.914 bits per heavy atom. The van der Waals surface area contributed by atoms with Gasteiger partial charge >= 0.3 is 0 Å². The summed E-state index contributed by atoms with van der Waals surface area (Å²) in [6, 6.07) is 18.5. The van der Waals surface area contributed by atoms with E-state index < -0.39 is 27.5 Å². The number of ether oxygens (including phenoxy) is 2. The van der Waals surface area contributed by atoms with Gasteiger partial charge in [0.25, 0.3) is 0 Å².